The Balaban J connectivity index is 1.49. The Morgan fingerprint density at radius 3 is 1.79 bits per heavy atom. The van der Waals surface area contributed by atoms with Gasteiger partial charge in [-0.2, -0.15) is 8.78 Å². The minimum absolute atomic E-state index is 0.0127. The third kappa shape index (κ3) is 6.61. The molecule has 0 aliphatic rings. The van der Waals surface area contributed by atoms with Crippen molar-refractivity contribution in [2.24, 2.45) is 0 Å². The van der Waals surface area contributed by atoms with E-state index in [0.29, 0.717) is 35.9 Å². The Labute approximate surface area is 233 Å². The summed E-state index contributed by atoms with van der Waals surface area (Å²) < 4.78 is 146. The fourth-order valence-electron chi connectivity index (χ4n) is 4.17. The topological polar surface area (TPSA) is 9.23 Å². The number of hydrogen-bond donors (Lipinski definition) is 0. The van der Waals surface area contributed by atoms with Gasteiger partial charge in [-0.3, -0.25) is 0 Å². The molecule has 0 amide bonds. The molecule has 0 saturated carbocycles. The quantitative estimate of drug-likeness (QED) is 0.138. The van der Waals surface area contributed by atoms with Crippen LogP contribution < -0.4 is 4.74 Å². The van der Waals surface area contributed by atoms with Crippen molar-refractivity contribution >= 4 is 5.83 Å². The third-order valence-corrected chi connectivity index (χ3v) is 6.33. The molecule has 0 unspecified atom stereocenters. The predicted molar refractivity (Wildman–Crippen MR) is 136 cm³/mol. The van der Waals surface area contributed by atoms with Gasteiger partial charge in [-0.25, -0.2) is 35.1 Å². The summed E-state index contributed by atoms with van der Waals surface area (Å²) in [4.78, 5) is 0. The summed E-state index contributed by atoms with van der Waals surface area (Å²) in [6.07, 6.45) is -4.51. The van der Waals surface area contributed by atoms with Crippen LogP contribution in [0.3, 0.4) is 0 Å². The number of allylic oxidation sites excluding steroid dienone is 1. The summed E-state index contributed by atoms with van der Waals surface area (Å²) in [6.45, 7) is 1.46. The molecular weight excluding hydrogens is 578 g/mol. The Morgan fingerprint density at radius 2 is 1.24 bits per heavy atom. The van der Waals surface area contributed by atoms with Gasteiger partial charge in [-0.05, 0) is 72.4 Å². The molecule has 0 aliphatic heterocycles. The molecule has 1 nitrogen and oxygen atoms in total. The van der Waals surface area contributed by atoms with E-state index in [1.165, 1.54) is 31.2 Å². The number of hydrogen-bond acceptors (Lipinski definition) is 1. The van der Waals surface area contributed by atoms with Gasteiger partial charge in [0.05, 0.1) is 0 Å². The first-order valence-electron chi connectivity index (χ1n) is 12.4. The monoisotopic (exact) mass is 598 g/mol. The van der Waals surface area contributed by atoms with E-state index in [2.05, 4.69) is 4.74 Å². The van der Waals surface area contributed by atoms with Crippen molar-refractivity contribution in [1.82, 2.24) is 0 Å². The third-order valence-electron chi connectivity index (χ3n) is 6.33. The van der Waals surface area contributed by atoms with Crippen LogP contribution in [0.15, 0.2) is 72.6 Å². The summed E-state index contributed by atoms with van der Waals surface area (Å²) in [5, 5.41) is 0. The molecule has 0 N–H and O–H groups in total. The van der Waals surface area contributed by atoms with Gasteiger partial charge in [-0.15, -0.1) is 0 Å². The summed E-state index contributed by atoms with van der Waals surface area (Å²) in [7, 11) is 0. The highest BCUT2D eigenvalue weighted by Gasteiger charge is 2.41. The molecule has 4 rings (SSSR count). The number of aryl methyl sites for hydroxylation is 2. The average Bonchev–Trinajstić information content (AvgIpc) is 2.93. The second kappa shape index (κ2) is 12.3. The van der Waals surface area contributed by atoms with E-state index in [0.717, 1.165) is 12.1 Å². The lowest BCUT2D eigenvalue weighted by atomic mass is 10.0. The molecule has 0 bridgehead atoms. The molecule has 0 aromatic heterocycles. The first-order valence-corrected chi connectivity index (χ1v) is 12.4. The highest BCUT2D eigenvalue weighted by Crippen LogP contribution is 2.37. The number of ether oxygens (including phenoxy) is 1. The second-order valence-corrected chi connectivity index (χ2v) is 9.22. The number of rotatable bonds is 9. The molecule has 0 fully saturated rings. The van der Waals surface area contributed by atoms with Crippen LogP contribution in [0.5, 0.6) is 5.75 Å². The van der Waals surface area contributed by atoms with Crippen molar-refractivity contribution in [2.75, 3.05) is 0 Å². The van der Waals surface area contributed by atoms with Crippen molar-refractivity contribution in [2.45, 2.75) is 32.3 Å². The SMILES string of the molecule is CCC(F)=C(F)c1ccc(CCc2cc(F)c(C(F)(F)Oc3ccc(-c4cc(F)c(F)c(F)c4)c(F)c3)c(F)c2)cc1. The van der Waals surface area contributed by atoms with Gasteiger partial charge in [0.25, 0.3) is 0 Å². The molecule has 0 heterocycles. The number of halogens is 10. The zero-order valence-corrected chi connectivity index (χ0v) is 21.7. The van der Waals surface area contributed by atoms with Crippen molar-refractivity contribution in [3.05, 3.63) is 130 Å². The Morgan fingerprint density at radius 1 is 0.667 bits per heavy atom. The minimum atomic E-state index is -4.60. The van der Waals surface area contributed by atoms with Crippen LogP contribution in [0.4, 0.5) is 43.9 Å². The van der Waals surface area contributed by atoms with Crippen molar-refractivity contribution in [3.63, 3.8) is 0 Å². The summed E-state index contributed by atoms with van der Waals surface area (Å²) in [5.74, 6) is -12.3. The Bertz CT molecular complexity index is 1600. The smallest absolute Gasteiger partial charge is 0.429 e. The number of alkyl halides is 2. The molecule has 220 valence electrons. The van der Waals surface area contributed by atoms with E-state index in [1.807, 2.05) is 0 Å². The van der Waals surface area contributed by atoms with E-state index in [-0.39, 0.29) is 30.4 Å². The highest BCUT2D eigenvalue weighted by atomic mass is 19.3. The molecule has 0 saturated heterocycles. The van der Waals surface area contributed by atoms with E-state index in [1.54, 1.807) is 0 Å². The van der Waals surface area contributed by atoms with E-state index < -0.39 is 75.1 Å². The maximum Gasteiger partial charge on any atom is 0.432 e. The molecule has 4 aromatic carbocycles. The van der Waals surface area contributed by atoms with E-state index in [9.17, 15) is 43.9 Å². The van der Waals surface area contributed by atoms with Gasteiger partial charge in [0.15, 0.2) is 23.3 Å². The standard InChI is InChI=1S/C31H20F10O/c1-2-22(32)29(38)18-7-5-16(6-8-18)3-4-17-11-24(34)28(25(35)12-17)31(40,41)42-20-9-10-21(23(33)15-20)19-13-26(36)30(39)27(37)14-19/h5-15H,2-4H2,1H3. The van der Waals surface area contributed by atoms with Crippen LogP contribution in [0.2, 0.25) is 0 Å². The summed E-state index contributed by atoms with van der Waals surface area (Å²) >= 11 is 0. The van der Waals surface area contributed by atoms with Crippen LogP contribution in [0.1, 0.15) is 35.6 Å². The first-order chi connectivity index (χ1) is 19.8. The fraction of sp³-hybridized carbons (Fsp3) is 0.161. The van der Waals surface area contributed by atoms with Gasteiger partial charge in [0, 0.05) is 17.2 Å². The zero-order valence-electron chi connectivity index (χ0n) is 21.7. The van der Waals surface area contributed by atoms with Gasteiger partial charge < -0.3 is 4.74 Å². The fourth-order valence-corrected chi connectivity index (χ4v) is 4.17. The van der Waals surface area contributed by atoms with Crippen molar-refractivity contribution in [3.8, 4) is 16.9 Å². The lowest BCUT2D eigenvalue weighted by Gasteiger charge is -2.20. The molecule has 4 aromatic rings. The normalized spacial score (nSPS) is 12.4. The highest BCUT2D eigenvalue weighted by molar-refractivity contribution is 5.65. The molecule has 0 atom stereocenters. The van der Waals surface area contributed by atoms with Gasteiger partial charge in [0.1, 0.15) is 34.6 Å². The molecule has 0 spiro atoms. The lowest BCUT2D eigenvalue weighted by Crippen LogP contribution is -2.25. The van der Waals surface area contributed by atoms with Crippen LogP contribution >= 0.6 is 0 Å². The van der Waals surface area contributed by atoms with Gasteiger partial charge in [-0.1, -0.05) is 31.2 Å². The van der Waals surface area contributed by atoms with Crippen LogP contribution in [0.25, 0.3) is 17.0 Å². The van der Waals surface area contributed by atoms with Crippen LogP contribution in [-0.2, 0) is 19.0 Å². The maximum atomic E-state index is 14.8. The lowest BCUT2D eigenvalue weighted by molar-refractivity contribution is -0.189. The van der Waals surface area contributed by atoms with Crippen molar-refractivity contribution in [1.29, 1.82) is 0 Å². The molecule has 0 radical (unpaired) electrons. The summed E-state index contributed by atoms with van der Waals surface area (Å²) in [6, 6.07) is 10.0. The minimum Gasteiger partial charge on any atom is -0.429 e. The molecular formula is C31H20F10O. The molecule has 11 heteroatoms. The summed E-state index contributed by atoms with van der Waals surface area (Å²) in [5.41, 5.74) is -1.99. The number of benzene rings is 4. The van der Waals surface area contributed by atoms with Gasteiger partial charge in [0.2, 0.25) is 0 Å². The Kier molecular flexibility index (Phi) is 8.98. The molecule has 42 heavy (non-hydrogen) atoms. The average molecular weight is 598 g/mol. The van der Waals surface area contributed by atoms with Crippen LogP contribution in [0, 0.1) is 34.9 Å². The zero-order chi connectivity index (χ0) is 30.8. The van der Waals surface area contributed by atoms with E-state index >= 15 is 0 Å². The van der Waals surface area contributed by atoms with Gasteiger partial charge >= 0.3 is 6.11 Å². The molecule has 0 aliphatic carbocycles. The maximum absolute atomic E-state index is 14.8. The van der Waals surface area contributed by atoms with Crippen molar-refractivity contribution < 1.29 is 48.6 Å². The Hall–Kier alpha value is -4.28. The largest absolute Gasteiger partial charge is 0.432 e. The van der Waals surface area contributed by atoms with Crippen LogP contribution in [-0.4, -0.2) is 0 Å². The van der Waals surface area contributed by atoms with E-state index in [4.69, 9.17) is 0 Å². The predicted octanol–water partition coefficient (Wildman–Crippen LogP) is 10.1. The first kappa shape index (κ1) is 30.7. The second-order valence-electron chi connectivity index (χ2n) is 9.22.